The lowest BCUT2D eigenvalue weighted by Crippen LogP contribution is -2.43. The van der Waals surface area contributed by atoms with Crippen molar-refractivity contribution in [3.8, 4) is 0 Å². The van der Waals surface area contributed by atoms with Crippen molar-refractivity contribution in [2.24, 2.45) is 5.92 Å². The predicted molar refractivity (Wildman–Crippen MR) is 121 cm³/mol. The van der Waals surface area contributed by atoms with E-state index in [0.717, 1.165) is 39.3 Å². The highest BCUT2D eigenvalue weighted by atomic mass is 79.9. The number of nitrogens with one attached hydrogen (secondary N) is 1. The van der Waals surface area contributed by atoms with E-state index in [-0.39, 0.29) is 17.7 Å². The van der Waals surface area contributed by atoms with Crippen LogP contribution in [-0.4, -0.2) is 42.1 Å². The zero-order chi connectivity index (χ0) is 19.9. The molecule has 28 heavy (non-hydrogen) atoms. The standard InChI is InChI=1S/C21H25BrN2O2S2/c1-15-4-2-3-5-18(15)21(26)24-11-8-16(9-12-24)20(25)23-10-13-27-14-17-6-7-19(22)28-17/h2-7,16H,8-14H2,1H3,(H,23,25). The summed E-state index contributed by atoms with van der Waals surface area (Å²) in [6.07, 6.45) is 1.47. The molecule has 1 N–H and O–H groups in total. The Morgan fingerprint density at radius 1 is 1.21 bits per heavy atom. The predicted octanol–water partition coefficient (Wildman–Crippen LogP) is 4.72. The molecule has 150 valence electrons. The molecule has 7 heteroatoms. The van der Waals surface area contributed by atoms with Crippen LogP contribution in [0.4, 0.5) is 0 Å². The first-order valence-corrected chi connectivity index (χ1v) is 12.3. The van der Waals surface area contributed by atoms with E-state index in [0.29, 0.717) is 19.6 Å². The van der Waals surface area contributed by atoms with Gasteiger partial charge in [0.25, 0.3) is 5.91 Å². The van der Waals surface area contributed by atoms with E-state index in [9.17, 15) is 9.59 Å². The summed E-state index contributed by atoms with van der Waals surface area (Å²) < 4.78 is 1.16. The van der Waals surface area contributed by atoms with E-state index in [1.165, 1.54) is 4.88 Å². The van der Waals surface area contributed by atoms with Gasteiger partial charge in [-0.15, -0.1) is 11.3 Å². The van der Waals surface area contributed by atoms with E-state index in [2.05, 4.69) is 33.4 Å². The number of carbonyl (C=O) groups excluding carboxylic acids is 2. The van der Waals surface area contributed by atoms with Gasteiger partial charge in [0.05, 0.1) is 3.79 Å². The molecule has 1 aromatic heterocycles. The maximum Gasteiger partial charge on any atom is 0.254 e. The molecule has 1 aliphatic rings. The first-order chi connectivity index (χ1) is 13.5. The lowest BCUT2D eigenvalue weighted by molar-refractivity contribution is -0.126. The number of amides is 2. The van der Waals surface area contributed by atoms with Gasteiger partial charge in [0, 0.05) is 47.5 Å². The van der Waals surface area contributed by atoms with E-state index in [1.807, 2.05) is 47.9 Å². The van der Waals surface area contributed by atoms with Crippen molar-refractivity contribution in [1.82, 2.24) is 10.2 Å². The number of likely N-dealkylation sites (tertiary alicyclic amines) is 1. The van der Waals surface area contributed by atoms with Crippen molar-refractivity contribution in [3.63, 3.8) is 0 Å². The van der Waals surface area contributed by atoms with Crippen molar-refractivity contribution < 1.29 is 9.59 Å². The highest BCUT2D eigenvalue weighted by Crippen LogP contribution is 2.25. The Kier molecular flexibility index (Phi) is 8.00. The Labute approximate surface area is 183 Å². The second-order valence-electron chi connectivity index (χ2n) is 6.93. The fourth-order valence-electron chi connectivity index (χ4n) is 3.32. The Balaban J connectivity index is 1.35. The summed E-state index contributed by atoms with van der Waals surface area (Å²) in [7, 11) is 0. The normalized spacial score (nSPS) is 14.9. The largest absolute Gasteiger partial charge is 0.355 e. The van der Waals surface area contributed by atoms with E-state index >= 15 is 0 Å². The van der Waals surface area contributed by atoms with E-state index in [4.69, 9.17) is 0 Å². The second kappa shape index (κ2) is 10.5. The summed E-state index contributed by atoms with van der Waals surface area (Å²) >= 11 is 7.06. The van der Waals surface area contributed by atoms with Crippen molar-refractivity contribution in [1.29, 1.82) is 0 Å². The average molecular weight is 481 g/mol. The van der Waals surface area contributed by atoms with E-state index in [1.54, 1.807) is 11.3 Å². The van der Waals surface area contributed by atoms with Crippen molar-refractivity contribution in [3.05, 3.63) is 56.2 Å². The maximum atomic E-state index is 12.7. The van der Waals surface area contributed by atoms with Crippen LogP contribution < -0.4 is 5.32 Å². The molecule has 2 heterocycles. The number of aryl methyl sites for hydroxylation is 1. The third-order valence-electron chi connectivity index (χ3n) is 4.95. The van der Waals surface area contributed by atoms with Gasteiger partial charge in [-0.2, -0.15) is 11.8 Å². The number of nitrogens with zero attached hydrogens (tertiary/aromatic N) is 1. The minimum atomic E-state index is 0.0131. The summed E-state index contributed by atoms with van der Waals surface area (Å²) in [6.45, 7) is 3.95. The smallest absolute Gasteiger partial charge is 0.254 e. The van der Waals surface area contributed by atoms with Crippen LogP contribution in [-0.2, 0) is 10.5 Å². The van der Waals surface area contributed by atoms with Crippen LogP contribution in [0.25, 0.3) is 0 Å². The van der Waals surface area contributed by atoms with Crippen LogP contribution in [0.2, 0.25) is 0 Å². The number of rotatable bonds is 7. The summed E-state index contributed by atoms with van der Waals surface area (Å²) in [4.78, 5) is 28.3. The molecular weight excluding hydrogens is 456 g/mol. The molecule has 4 nitrogen and oxygen atoms in total. The number of carbonyl (C=O) groups is 2. The molecule has 0 aliphatic carbocycles. The van der Waals surface area contributed by atoms with Gasteiger partial charge in [-0.25, -0.2) is 0 Å². The van der Waals surface area contributed by atoms with Gasteiger partial charge in [0.1, 0.15) is 0 Å². The third kappa shape index (κ3) is 5.84. The molecule has 0 radical (unpaired) electrons. The first-order valence-electron chi connectivity index (χ1n) is 9.49. The molecular formula is C21H25BrN2O2S2. The van der Waals surface area contributed by atoms with Crippen molar-refractivity contribution in [2.75, 3.05) is 25.4 Å². The fourth-order valence-corrected chi connectivity index (χ4v) is 5.77. The van der Waals surface area contributed by atoms with Crippen LogP contribution in [0.5, 0.6) is 0 Å². The van der Waals surface area contributed by atoms with E-state index < -0.39 is 0 Å². The quantitative estimate of drug-likeness (QED) is 0.583. The maximum absolute atomic E-state index is 12.7. The summed E-state index contributed by atoms with van der Waals surface area (Å²) in [5.74, 6) is 2.10. The zero-order valence-electron chi connectivity index (χ0n) is 15.9. The lowest BCUT2D eigenvalue weighted by atomic mass is 9.95. The van der Waals surface area contributed by atoms with Crippen molar-refractivity contribution in [2.45, 2.75) is 25.5 Å². The lowest BCUT2D eigenvalue weighted by Gasteiger charge is -2.31. The topological polar surface area (TPSA) is 49.4 Å². The minimum absolute atomic E-state index is 0.0131. The molecule has 1 aromatic carbocycles. The van der Waals surface area contributed by atoms with Gasteiger partial charge in [-0.3, -0.25) is 9.59 Å². The van der Waals surface area contributed by atoms with Gasteiger partial charge in [0.15, 0.2) is 0 Å². The van der Waals surface area contributed by atoms with Crippen LogP contribution in [0.1, 0.15) is 33.6 Å². The summed E-state index contributed by atoms with van der Waals surface area (Å²) in [5.41, 5.74) is 1.76. The van der Waals surface area contributed by atoms with Crippen LogP contribution >= 0.6 is 39.0 Å². The molecule has 1 aliphatic heterocycles. The molecule has 2 aromatic rings. The summed E-state index contributed by atoms with van der Waals surface area (Å²) in [5, 5.41) is 3.06. The Morgan fingerprint density at radius 2 is 1.96 bits per heavy atom. The van der Waals surface area contributed by atoms with Crippen LogP contribution in [0.3, 0.4) is 0 Å². The number of thiophene rings is 1. The fraction of sp³-hybridized carbons (Fsp3) is 0.429. The van der Waals surface area contributed by atoms with Gasteiger partial charge in [-0.1, -0.05) is 18.2 Å². The third-order valence-corrected chi connectivity index (χ3v) is 7.76. The van der Waals surface area contributed by atoms with Crippen molar-refractivity contribution >= 4 is 50.8 Å². The Bertz CT molecular complexity index is 816. The van der Waals surface area contributed by atoms with Gasteiger partial charge >= 0.3 is 0 Å². The van der Waals surface area contributed by atoms with Gasteiger partial charge in [0.2, 0.25) is 5.91 Å². The van der Waals surface area contributed by atoms with Crippen LogP contribution in [0.15, 0.2) is 40.2 Å². The molecule has 0 saturated carbocycles. The monoisotopic (exact) mass is 480 g/mol. The number of benzene rings is 1. The zero-order valence-corrected chi connectivity index (χ0v) is 19.2. The molecule has 1 saturated heterocycles. The summed E-state index contributed by atoms with van der Waals surface area (Å²) in [6, 6.07) is 11.9. The second-order valence-corrected chi connectivity index (χ2v) is 10.6. The van der Waals surface area contributed by atoms with Gasteiger partial charge < -0.3 is 10.2 Å². The molecule has 3 rings (SSSR count). The minimum Gasteiger partial charge on any atom is -0.355 e. The SMILES string of the molecule is Cc1ccccc1C(=O)N1CCC(C(=O)NCCSCc2ccc(Br)s2)CC1. The highest BCUT2D eigenvalue weighted by Gasteiger charge is 2.28. The Hall–Kier alpha value is -1.31. The number of hydrogen-bond acceptors (Lipinski definition) is 4. The number of hydrogen-bond donors (Lipinski definition) is 1. The van der Waals surface area contributed by atoms with Crippen LogP contribution in [0, 0.1) is 12.8 Å². The molecule has 0 atom stereocenters. The highest BCUT2D eigenvalue weighted by molar-refractivity contribution is 9.11. The molecule has 1 fully saturated rings. The number of halogens is 1. The average Bonchev–Trinajstić information content (AvgIpc) is 3.12. The van der Waals surface area contributed by atoms with Gasteiger partial charge in [-0.05, 0) is 59.5 Å². The number of piperidine rings is 1. The molecule has 2 amide bonds. The Morgan fingerprint density at radius 3 is 2.64 bits per heavy atom. The first kappa shape index (κ1) is 21.4. The number of thioether (sulfide) groups is 1. The molecule has 0 bridgehead atoms. The molecule has 0 spiro atoms. The molecule has 0 unspecified atom stereocenters.